The van der Waals surface area contributed by atoms with Gasteiger partial charge in [-0.1, -0.05) is 41.9 Å². The molecular weight excluding hydrogens is 404 g/mol. The van der Waals surface area contributed by atoms with E-state index in [4.69, 9.17) is 17.3 Å². The van der Waals surface area contributed by atoms with Gasteiger partial charge in [0.05, 0.1) is 10.6 Å². The molecule has 3 aromatic rings. The Hall–Kier alpha value is -2.35. The first-order valence-corrected chi connectivity index (χ1v) is 10.7. The molecule has 1 aromatic heterocycles. The van der Waals surface area contributed by atoms with Gasteiger partial charge < -0.3 is 5.73 Å². The summed E-state index contributed by atoms with van der Waals surface area (Å²) in [5.41, 5.74) is 7.65. The zero-order valence-electron chi connectivity index (χ0n) is 14.6. The molecule has 0 saturated carbocycles. The zero-order chi connectivity index (χ0) is 19.8. The normalized spacial score (nSPS) is 11.4. The molecule has 0 spiro atoms. The summed E-state index contributed by atoms with van der Waals surface area (Å²) in [6.45, 7) is 3.39. The number of hydrogen-bond donors (Lipinski definition) is 2. The molecule has 3 rings (SSSR count). The van der Waals surface area contributed by atoms with Gasteiger partial charge in [0.15, 0.2) is 0 Å². The SMILES string of the molecule is Cc1cc(S(=O)(=O)Nc2cc(-c3ccccc3)sc2C(N)=O)c(C)cc1Cl. The second-order valence-corrected chi connectivity index (χ2v) is 9.17. The van der Waals surface area contributed by atoms with E-state index in [1.54, 1.807) is 26.0 Å². The lowest BCUT2D eigenvalue weighted by Crippen LogP contribution is -2.17. The number of primary amides is 1. The maximum Gasteiger partial charge on any atom is 0.262 e. The van der Waals surface area contributed by atoms with Gasteiger partial charge in [-0.2, -0.15) is 0 Å². The lowest BCUT2D eigenvalue weighted by Gasteiger charge is -2.12. The van der Waals surface area contributed by atoms with E-state index in [1.807, 2.05) is 30.3 Å². The number of carbonyl (C=O) groups is 1. The monoisotopic (exact) mass is 420 g/mol. The van der Waals surface area contributed by atoms with Crippen LogP contribution in [0, 0.1) is 13.8 Å². The molecule has 0 aliphatic carbocycles. The highest BCUT2D eigenvalue weighted by molar-refractivity contribution is 7.92. The van der Waals surface area contributed by atoms with E-state index in [-0.39, 0.29) is 15.5 Å². The lowest BCUT2D eigenvalue weighted by atomic mass is 10.2. The quantitative estimate of drug-likeness (QED) is 0.632. The number of anilines is 1. The summed E-state index contributed by atoms with van der Waals surface area (Å²) in [7, 11) is -3.92. The molecule has 8 heteroatoms. The third kappa shape index (κ3) is 4.00. The van der Waals surface area contributed by atoms with Crippen LogP contribution in [0.1, 0.15) is 20.8 Å². The minimum absolute atomic E-state index is 0.104. The van der Waals surface area contributed by atoms with E-state index in [0.717, 1.165) is 21.8 Å². The number of sulfonamides is 1. The number of carbonyl (C=O) groups excluding carboxylic acids is 1. The first-order chi connectivity index (χ1) is 12.7. The second kappa shape index (κ2) is 7.34. The van der Waals surface area contributed by atoms with Crippen LogP contribution in [-0.2, 0) is 10.0 Å². The number of nitrogens with one attached hydrogen (secondary N) is 1. The van der Waals surface area contributed by atoms with Gasteiger partial charge in [0.2, 0.25) is 0 Å². The molecule has 2 aromatic carbocycles. The van der Waals surface area contributed by atoms with E-state index in [0.29, 0.717) is 16.1 Å². The summed E-state index contributed by atoms with van der Waals surface area (Å²) < 4.78 is 28.3. The van der Waals surface area contributed by atoms with Crippen molar-refractivity contribution in [3.05, 3.63) is 69.6 Å². The van der Waals surface area contributed by atoms with Crippen molar-refractivity contribution in [3.8, 4) is 10.4 Å². The van der Waals surface area contributed by atoms with Crippen LogP contribution in [0.25, 0.3) is 10.4 Å². The van der Waals surface area contributed by atoms with E-state index in [9.17, 15) is 13.2 Å². The van der Waals surface area contributed by atoms with Gasteiger partial charge in [0.25, 0.3) is 15.9 Å². The molecule has 0 aliphatic heterocycles. The van der Waals surface area contributed by atoms with Gasteiger partial charge in [-0.15, -0.1) is 11.3 Å². The minimum Gasteiger partial charge on any atom is -0.365 e. The van der Waals surface area contributed by atoms with Gasteiger partial charge >= 0.3 is 0 Å². The van der Waals surface area contributed by atoms with Gasteiger partial charge in [-0.05, 0) is 48.7 Å². The third-order valence-electron chi connectivity index (χ3n) is 4.00. The van der Waals surface area contributed by atoms with Gasteiger partial charge in [0.1, 0.15) is 4.88 Å². The largest absolute Gasteiger partial charge is 0.365 e. The molecule has 0 radical (unpaired) electrons. The molecule has 3 N–H and O–H groups in total. The Bertz CT molecular complexity index is 1120. The highest BCUT2D eigenvalue weighted by atomic mass is 35.5. The van der Waals surface area contributed by atoms with Crippen LogP contribution in [-0.4, -0.2) is 14.3 Å². The van der Waals surface area contributed by atoms with Crippen molar-refractivity contribution in [2.75, 3.05) is 4.72 Å². The Balaban J connectivity index is 2.05. The molecule has 27 heavy (non-hydrogen) atoms. The number of thiophene rings is 1. The second-order valence-electron chi connectivity index (χ2n) is 6.06. The van der Waals surface area contributed by atoms with Crippen molar-refractivity contribution in [2.24, 2.45) is 5.73 Å². The van der Waals surface area contributed by atoms with Crippen molar-refractivity contribution in [1.29, 1.82) is 0 Å². The minimum atomic E-state index is -3.92. The fourth-order valence-electron chi connectivity index (χ4n) is 2.64. The molecular formula is C19H17ClN2O3S2. The lowest BCUT2D eigenvalue weighted by molar-refractivity contribution is 0.100. The molecule has 140 valence electrons. The molecule has 0 atom stereocenters. The van der Waals surface area contributed by atoms with Crippen LogP contribution in [0.5, 0.6) is 0 Å². The topological polar surface area (TPSA) is 89.3 Å². The average molecular weight is 421 g/mol. The fraction of sp³-hybridized carbons (Fsp3) is 0.105. The Morgan fingerprint density at radius 1 is 1.07 bits per heavy atom. The summed E-state index contributed by atoms with van der Waals surface area (Å²) in [5.74, 6) is -0.691. The first-order valence-electron chi connectivity index (χ1n) is 7.97. The predicted molar refractivity (Wildman–Crippen MR) is 110 cm³/mol. The van der Waals surface area contributed by atoms with E-state index in [2.05, 4.69) is 4.72 Å². The average Bonchev–Trinajstić information content (AvgIpc) is 3.02. The molecule has 1 amide bonds. The van der Waals surface area contributed by atoms with E-state index >= 15 is 0 Å². The van der Waals surface area contributed by atoms with Crippen molar-refractivity contribution >= 4 is 44.6 Å². The fourth-order valence-corrected chi connectivity index (χ4v) is 5.27. The molecule has 5 nitrogen and oxygen atoms in total. The molecule has 0 bridgehead atoms. The number of nitrogens with two attached hydrogens (primary N) is 1. The van der Waals surface area contributed by atoms with E-state index in [1.165, 1.54) is 6.07 Å². The number of halogens is 1. The van der Waals surface area contributed by atoms with Gasteiger partial charge in [-0.25, -0.2) is 8.42 Å². The summed E-state index contributed by atoms with van der Waals surface area (Å²) >= 11 is 7.20. The predicted octanol–water partition coefficient (Wildman–Crippen LogP) is 4.59. The number of benzene rings is 2. The maximum atomic E-state index is 12.9. The Kier molecular flexibility index (Phi) is 5.28. The maximum absolute atomic E-state index is 12.9. The standard InChI is InChI=1S/C19H17ClN2O3S2/c1-11-9-17(12(2)8-14(11)20)27(24,25)22-15-10-16(26-18(15)19(21)23)13-6-4-3-5-7-13/h3-10,22H,1-2H3,(H2,21,23). The van der Waals surface area contributed by atoms with Crippen LogP contribution >= 0.6 is 22.9 Å². The van der Waals surface area contributed by atoms with Crippen LogP contribution in [0.2, 0.25) is 5.02 Å². The zero-order valence-corrected chi connectivity index (χ0v) is 17.0. The number of rotatable bonds is 5. The first kappa shape index (κ1) is 19.4. The Morgan fingerprint density at radius 2 is 1.74 bits per heavy atom. The van der Waals surface area contributed by atoms with Crippen LogP contribution in [0.4, 0.5) is 5.69 Å². The van der Waals surface area contributed by atoms with Crippen LogP contribution < -0.4 is 10.5 Å². The molecule has 1 heterocycles. The Labute approximate surface area is 166 Å². The summed E-state index contributed by atoms with van der Waals surface area (Å²) in [5, 5.41) is 0.492. The van der Waals surface area contributed by atoms with Crippen LogP contribution in [0.3, 0.4) is 0 Å². The third-order valence-corrected chi connectivity index (χ3v) is 7.12. The summed E-state index contributed by atoms with van der Waals surface area (Å²) in [6, 6.07) is 14.1. The van der Waals surface area contributed by atoms with E-state index < -0.39 is 15.9 Å². The Morgan fingerprint density at radius 3 is 2.37 bits per heavy atom. The number of amides is 1. The number of aryl methyl sites for hydroxylation is 2. The van der Waals surface area contributed by atoms with Gasteiger partial charge in [-0.3, -0.25) is 9.52 Å². The number of hydrogen-bond acceptors (Lipinski definition) is 4. The van der Waals surface area contributed by atoms with Crippen molar-refractivity contribution in [2.45, 2.75) is 18.7 Å². The summed E-state index contributed by atoms with van der Waals surface area (Å²) in [4.78, 5) is 12.8. The molecule has 0 aliphatic rings. The highest BCUT2D eigenvalue weighted by Gasteiger charge is 2.23. The highest BCUT2D eigenvalue weighted by Crippen LogP contribution is 2.36. The van der Waals surface area contributed by atoms with Crippen molar-refractivity contribution in [3.63, 3.8) is 0 Å². The van der Waals surface area contributed by atoms with Crippen molar-refractivity contribution < 1.29 is 13.2 Å². The molecule has 0 unspecified atom stereocenters. The van der Waals surface area contributed by atoms with Crippen LogP contribution in [0.15, 0.2) is 53.4 Å². The smallest absolute Gasteiger partial charge is 0.262 e. The van der Waals surface area contributed by atoms with Crippen molar-refractivity contribution in [1.82, 2.24) is 0 Å². The molecule has 0 fully saturated rings. The van der Waals surface area contributed by atoms with Gasteiger partial charge in [0, 0.05) is 9.90 Å². The molecule has 0 saturated heterocycles. The summed E-state index contributed by atoms with van der Waals surface area (Å²) in [6.07, 6.45) is 0.